The molecule has 58 heavy (non-hydrogen) atoms. The van der Waals surface area contributed by atoms with Gasteiger partial charge in [-0.15, -0.1) is 11.3 Å². The Balaban J connectivity index is 1.01. The molecule has 270 valence electrons. The van der Waals surface area contributed by atoms with E-state index >= 15 is 0 Å². The number of furan rings is 1. The van der Waals surface area contributed by atoms with Crippen LogP contribution in [-0.4, -0.2) is 15.0 Å². The zero-order valence-corrected chi connectivity index (χ0v) is 31.9. The van der Waals surface area contributed by atoms with Gasteiger partial charge in [0.15, 0.2) is 5.82 Å². The number of aromatic nitrogens is 3. The molecule has 0 fully saturated rings. The number of hydrogen-bond acceptors (Lipinski definition) is 5. The molecule has 0 N–H and O–H groups in total. The zero-order chi connectivity index (χ0) is 38.2. The molecule has 0 aliphatic rings. The fourth-order valence-electron chi connectivity index (χ4n) is 8.49. The highest BCUT2D eigenvalue weighted by atomic mass is 32.1. The van der Waals surface area contributed by atoms with Crippen molar-refractivity contribution in [3.05, 3.63) is 188 Å². The minimum Gasteiger partial charge on any atom is -0.456 e. The number of pyridine rings is 1. The van der Waals surface area contributed by atoms with Crippen molar-refractivity contribution < 1.29 is 4.42 Å². The van der Waals surface area contributed by atoms with Crippen molar-refractivity contribution in [3.63, 3.8) is 0 Å². The second-order valence-corrected chi connectivity index (χ2v) is 15.8. The fraction of sp³-hybridized carbons (Fsp3) is 0. The van der Waals surface area contributed by atoms with Crippen LogP contribution < -0.4 is 0 Å². The number of hydrogen-bond donors (Lipinski definition) is 0. The first-order valence-corrected chi connectivity index (χ1v) is 20.2. The molecule has 12 rings (SSSR count). The van der Waals surface area contributed by atoms with Crippen molar-refractivity contribution in [1.82, 2.24) is 15.0 Å². The number of fused-ring (bicyclic) bond motifs is 10. The molecule has 0 aliphatic carbocycles. The monoisotopic (exact) mass is 757 g/mol. The lowest BCUT2D eigenvalue weighted by atomic mass is 9.94. The van der Waals surface area contributed by atoms with Crippen LogP contribution in [0.3, 0.4) is 0 Å². The molecule has 5 heteroatoms. The molecular weight excluding hydrogens is 727 g/mol. The van der Waals surface area contributed by atoms with Gasteiger partial charge < -0.3 is 4.42 Å². The normalized spacial score (nSPS) is 11.8. The van der Waals surface area contributed by atoms with E-state index in [1.54, 1.807) is 0 Å². The van der Waals surface area contributed by atoms with Crippen LogP contribution in [0.25, 0.3) is 120 Å². The average molecular weight is 758 g/mol. The summed E-state index contributed by atoms with van der Waals surface area (Å²) >= 11 is 1.83. The molecule has 0 aliphatic heterocycles. The van der Waals surface area contributed by atoms with Gasteiger partial charge in [-0.1, -0.05) is 133 Å². The van der Waals surface area contributed by atoms with Crippen molar-refractivity contribution in [2.45, 2.75) is 0 Å². The van der Waals surface area contributed by atoms with Crippen LogP contribution in [0.15, 0.2) is 192 Å². The molecule has 8 aromatic carbocycles. The minimum absolute atomic E-state index is 0.716. The van der Waals surface area contributed by atoms with Crippen LogP contribution in [0, 0.1) is 0 Å². The number of rotatable bonds is 5. The lowest BCUT2D eigenvalue weighted by Gasteiger charge is -2.13. The van der Waals surface area contributed by atoms with Crippen LogP contribution in [0.4, 0.5) is 0 Å². The highest BCUT2D eigenvalue weighted by Gasteiger charge is 2.19. The Bertz CT molecular complexity index is 3500. The van der Waals surface area contributed by atoms with Gasteiger partial charge in [-0.25, -0.2) is 15.0 Å². The third kappa shape index (κ3) is 5.32. The largest absolute Gasteiger partial charge is 0.456 e. The fourth-order valence-corrected chi connectivity index (χ4v) is 9.61. The van der Waals surface area contributed by atoms with Gasteiger partial charge in [0, 0.05) is 69.4 Å². The Morgan fingerprint density at radius 3 is 1.79 bits per heavy atom. The molecule has 4 aromatic heterocycles. The Morgan fingerprint density at radius 1 is 0.345 bits per heavy atom. The summed E-state index contributed by atoms with van der Waals surface area (Å²) in [5.74, 6) is 0.716. The van der Waals surface area contributed by atoms with Gasteiger partial charge in [-0.05, 0) is 65.7 Å². The molecule has 4 nitrogen and oxygen atoms in total. The van der Waals surface area contributed by atoms with E-state index < -0.39 is 0 Å². The maximum absolute atomic E-state index is 6.41. The number of nitrogens with zero attached hydrogens (tertiary/aromatic N) is 3. The van der Waals surface area contributed by atoms with Gasteiger partial charge in [-0.2, -0.15) is 0 Å². The summed E-state index contributed by atoms with van der Waals surface area (Å²) in [5.41, 5.74) is 12.0. The van der Waals surface area contributed by atoms with Crippen LogP contribution in [0.2, 0.25) is 0 Å². The standard InChI is InChI=1S/C53H31N3OS/c1-4-12-32(13-5-1)44-31-45(56-53(55-44)34-16-8-3-9-17-34)37-22-27-48-41(29-37)38-23-20-36(30-49(38)58-48)35-21-25-43-42(28-35)50-40(52(54-43)33-14-6-2-7-15-33)24-26-47-51(50)39-18-10-11-19-46(39)57-47/h1-31H. The van der Waals surface area contributed by atoms with Gasteiger partial charge >= 0.3 is 0 Å². The molecule has 0 radical (unpaired) electrons. The zero-order valence-electron chi connectivity index (χ0n) is 31.1. The van der Waals surface area contributed by atoms with E-state index in [0.717, 1.165) is 83.1 Å². The lowest BCUT2D eigenvalue weighted by molar-refractivity contribution is 0.669. The predicted octanol–water partition coefficient (Wildman–Crippen LogP) is 14.8. The predicted molar refractivity (Wildman–Crippen MR) is 242 cm³/mol. The molecule has 0 spiro atoms. The van der Waals surface area contributed by atoms with Gasteiger partial charge in [-0.3, -0.25) is 0 Å². The van der Waals surface area contributed by atoms with E-state index in [-0.39, 0.29) is 0 Å². The molecular formula is C53H31N3OS. The molecule has 0 saturated carbocycles. The first kappa shape index (κ1) is 32.7. The van der Waals surface area contributed by atoms with Crippen LogP contribution >= 0.6 is 11.3 Å². The topological polar surface area (TPSA) is 51.8 Å². The maximum atomic E-state index is 6.41. The van der Waals surface area contributed by atoms with Crippen LogP contribution in [0.1, 0.15) is 0 Å². The molecule has 12 aromatic rings. The Kier molecular flexibility index (Phi) is 7.37. The molecule has 0 bridgehead atoms. The van der Waals surface area contributed by atoms with E-state index in [4.69, 9.17) is 19.4 Å². The van der Waals surface area contributed by atoms with Gasteiger partial charge in [0.25, 0.3) is 0 Å². The summed E-state index contributed by atoms with van der Waals surface area (Å²) in [6.45, 7) is 0. The van der Waals surface area contributed by atoms with E-state index in [0.29, 0.717) is 5.82 Å². The summed E-state index contributed by atoms with van der Waals surface area (Å²) in [6.07, 6.45) is 0. The van der Waals surface area contributed by atoms with Crippen molar-refractivity contribution >= 4 is 75.1 Å². The Labute approximate surface area is 337 Å². The molecule has 4 heterocycles. The summed E-state index contributed by atoms with van der Waals surface area (Å²) in [7, 11) is 0. The van der Waals surface area contributed by atoms with Gasteiger partial charge in [0.2, 0.25) is 0 Å². The summed E-state index contributed by atoms with van der Waals surface area (Å²) in [5, 5.41) is 8.08. The first-order valence-electron chi connectivity index (χ1n) is 19.4. The molecule has 0 saturated heterocycles. The first-order chi connectivity index (χ1) is 28.7. The van der Waals surface area contributed by atoms with Gasteiger partial charge in [0.05, 0.1) is 22.6 Å². The smallest absolute Gasteiger partial charge is 0.160 e. The summed E-state index contributed by atoms with van der Waals surface area (Å²) < 4.78 is 8.90. The Morgan fingerprint density at radius 2 is 0.983 bits per heavy atom. The average Bonchev–Trinajstić information content (AvgIpc) is 3.87. The van der Waals surface area contributed by atoms with E-state index in [9.17, 15) is 0 Å². The van der Waals surface area contributed by atoms with E-state index in [1.807, 2.05) is 41.7 Å². The summed E-state index contributed by atoms with van der Waals surface area (Å²) in [4.78, 5) is 15.4. The van der Waals surface area contributed by atoms with E-state index in [2.05, 4.69) is 158 Å². The highest BCUT2D eigenvalue weighted by Crippen LogP contribution is 2.43. The minimum atomic E-state index is 0.716. The van der Waals surface area contributed by atoms with Crippen molar-refractivity contribution in [2.24, 2.45) is 0 Å². The third-order valence-electron chi connectivity index (χ3n) is 11.3. The highest BCUT2D eigenvalue weighted by molar-refractivity contribution is 7.25. The van der Waals surface area contributed by atoms with Crippen LogP contribution in [-0.2, 0) is 0 Å². The van der Waals surface area contributed by atoms with Crippen molar-refractivity contribution in [1.29, 1.82) is 0 Å². The maximum Gasteiger partial charge on any atom is 0.160 e. The van der Waals surface area contributed by atoms with E-state index in [1.165, 1.54) is 31.1 Å². The summed E-state index contributed by atoms with van der Waals surface area (Å²) in [6, 6.07) is 66.0. The molecule has 0 unspecified atom stereocenters. The second-order valence-electron chi connectivity index (χ2n) is 14.7. The SMILES string of the molecule is c1ccc(-c2cc(-c3ccc4sc5cc(-c6ccc7nc(-c8ccccc8)c8ccc9oc%10ccccc%10c9c8c7c6)ccc5c4c3)nc(-c3ccccc3)n2)cc1. The lowest BCUT2D eigenvalue weighted by Crippen LogP contribution is -1.95. The van der Waals surface area contributed by atoms with Crippen molar-refractivity contribution in [3.8, 4) is 56.3 Å². The van der Waals surface area contributed by atoms with Crippen LogP contribution in [0.5, 0.6) is 0 Å². The van der Waals surface area contributed by atoms with Crippen molar-refractivity contribution in [2.75, 3.05) is 0 Å². The third-order valence-corrected chi connectivity index (χ3v) is 12.4. The van der Waals surface area contributed by atoms with Gasteiger partial charge in [0.1, 0.15) is 11.2 Å². The quantitative estimate of drug-likeness (QED) is 0.164. The Hall–Kier alpha value is -7.47. The number of para-hydroxylation sites is 1. The second kappa shape index (κ2) is 13.1. The molecule has 0 amide bonds. The number of benzene rings is 8. The molecule has 0 atom stereocenters. The number of thiophene rings is 1.